The van der Waals surface area contributed by atoms with E-state index in [1.54, 1.807) is 6.07 Å². The average Bonchev–Trinajstić information content (AvgIpc) is 2.96. The first-order valence-corrected chi connectivity index (χ1v) is 6.59. The van der Waals surface area contributed by atoms with Crippen LogP contribution in [0.25, 0.3) is 0 Å². The summed E-state index contributed by atoms with van der Waals surface area (Å²) in [6.45, 7) is -0.498. The molecule has 1 heterocycles. The fourth-order valence-corrected chi connectivity index (χ4v) is 2.23. The molecule has 114 valence electrons. The lowest BCUT2D eigenvalue weighted by atomic mass is 10.1. The zero-order valence-corrected chi connectivity index (χ0v) is 11.3. The minimum absolute atomic E-state index is 0.0536. The third kappa shape index (κ3) is 3.68. The van der Waals surface area contributed by atoms with E-state index in [-0.39, 0.29) is 18.7 Å². The Bertz CT molecular complexity index is 522. The number of carbonyl (C=O) groups is 2. The molecule has 1 aromatic carbocycles. The quantitative estimate of drug-likeness (QED) is 0.892. The molecule has 1 aromatic rings. The smallest absolute Gasteiger partial charge is 0.317 e. The number of carboxylic acid groups (broad SMARTS) is 1. The first-order valence-electron chi connectivity index (χ1n) is 6.59. The molecule has 0 radical (unpaired) electrons. The van der Waals surface area contributed by atoms with Gasteiger partial charge in [-0.3, -0.25) is 4.79 Å². The first-order chi connectivity index (χ1) is 9.90. The molecule has 1 unspecified atom stereocenters. The Balaban J connectivity index is 1.88. The molecular weight excluding hydrogens is 282 g/mol. The molecule has 0 spiro atoms. The number of rotatable bonds is 4. The van der Waals surface area contributed by atoms with Crippen LogP contribution in [-0.2, 0) is 10.7 Å². The van der Waals surface area contributed by atoms with Crippen LogP contribution in [0.15, 0.2) is 30.3 Å². The van der Waals surface area contributed by atoms with Crippen LogP contribution in [0.3, 0.4) is 0 Å². The maximum Gasteiger partial charge on any atom is 0.317 e. The van der Waals surface area contributed by atoms with Gasteiger partial charge in [-0.05, 0) is 6.42 Å². The Morgan fingerprint density at radius 2 is 2.00 bits per heavy atom. The second kappa shape index (κ2) is 6.07. The van der Waals surface area contributed by atoms with Gasteiger partial charge in [-0.25, -0.2) is 4.79 Å². The van der Waals surface area contributed by atoms with Gasteiger partial charge in [0.25, 0.3) is 5.92 Å². The maximum absolute atomic E-state index is 13.9. The van der Waals surface area contributed by atoms with Crippen LogP contribution >= 0.6 is 0 Å². The highest BCUT2D eigenvalue weighted by Gasteiger charge is 2.34. The number of aliphatic carboxylic acids is 1. The second-order valence-electron chi connectivity index (χ2n) is 5.00. The number of carboxylic acids is 1. The normalized spacial score (nSPS) is 18.6. The predicted octanol–water partition coefficient (Wildman–Crippen LogP) is 1.89. The molecule has 1 atom stereocenters. The number of carbonyl (C=O) groups excluding carboxylic acids is 1. The van der Waals surface area contributed by atoms with Gasteiger partial charge in [0.2, 0.25) is 0 Å². The molecule has 0 bridgehead atoms. The number of nitrogens with one attached hydrogen (secondary N) is 1. The largest absolute Gasteiger partial charge is 0.481 e. The van der Waals surface area contributed by atoms with Crippen molar-refractivity contribution in [2.24, 2.45) is 5.92 Å². The molecule has 0 saturated carbocycles. The number of urea groups is 1. The van der Waals surface area contributed by atoms with Crippen molar-refractivity contribution in [3.63, 3.8) is 0 Å². The van der Waals surface area contributed by atoms with Crippen LogP contribution in [-0.4, -0.2) is 41.6 Å². The van der Waals surface area contributed by atoms with E-state index in [4.69, 9.17) is 5.11 Å². The molecule has 1 fully saturated rings. The standard InChI is InChI=1S/C14H16F2N2O3/c15-14(16,11-4-2-1-3-5-11)9-17-13(21)18-7-6-10(8-18)12(19)20/h1-5,10H,6-9H2,(H,17,21)(H,19,20). The lowest BCUT2D eigenvalue weighted by Gasteiger charge is -2.21. The van der Waals surface area contributed by atoms with Gasteiger partial charge in [-0.2, -0.15) is 8.78 Å². The van der Waals surface area contributed by atoms with Gasteiger partial charge < -0.3 is 15.3 Å². The lowest BCUT2D eigenvalue weighted by molar-refractivity contribution is -0.141. The highest BCUT2D eigenvalue weighted by Crippen LogP contribution is 2.26. The minimum Gasteiger partial charge on any atom is -0.481 e. The number of halogens is 2. The van der Waals surface area contributed by atoms with Crippen molar-refractivity contribution in [1.82, 2.24) is 10.2 Å². The zero-order valence-electron chi connectivity index (χ0n) is 11.3. The SMILES string of the molecule is O=C(O)C1CCN(C(=O)NCC(F)(F)c2ccccc2)C1. The van der Waals surface area contributed by atoms with Gasteiger partial charge in [0.1, 0.15) is 0 Å². The van der Waals surface area contributed by atoms with Gasteiger partial charge in [0.15, 0.2) is 0 Å². The maximum atomic E-state index is 13.9. The number of alkyl halides is 2. The molecule has 0 aromatic heterocycles. The summed E-state index contributed by atoms with van der Waals surface area (Å²) >= 11 is 0. The van der Waals surface area contributed by atoms with E-state index in [1.165, 1.54) is 29.2 Å². The van der Waals surface area contributed by atoms with Gasteiger partial charge >= 0.3 is 12.0 Å². The van der Waals surface area contributed by atoms with Crippen molar-refractivity contribution < 1.29 is 23.5 Å². The third-order valence-corrected chi connectivity index (χ3v) is 3.48. The summed E-state index contributed by atoms with van der Waals surface area (Å²) in [6, 6.07) is 6.57. The fourth-order valence-electron chi connectivity index (χ4n) is 2.23. The first kappa shape index (κ1) is 15.2. The molecular formula is C14H16F2N2O3. The molecule has 2 N–H and O–H groups in total. The van der Waals surface area contributed by atoms with E-state index in [0.717, 1.165) is 0 Å². The summed E-state index contributed by atoms with van der Waals surface area (Å²) in [5.74, 6) is -4.76. The minimum atomic E-state index is -3.16. The second-order valence-corrected chi connectivity index (χ2v) is 5.00. The average molecular weight is 298 g/mol. The molecule has 7 heteroatoms. The van der Waals surface area contributed by atoms with Crippen LogP contribution in [0.5, 0.6) is 0 Å². The number of hydrogen-bond acceptors (Lipinski definition) is 2. The van der Waals surface area contributed by atoms with Gasteiger partial charge in [-0.15, -0.1) is 0 Å². The van der Waals surface area contributed by atoms with Crippen molar-refractivity contribution in [3.8, 4) is 0 Å². The number of nitrogens with zero attached hydrogens (tertiary/aromatic N) is 1. The third-order valence-electron chi connectivity index (χ3n) is 3.48. The van der Waals surface area contributed by atoms with E-state index in [1.807, 2.05) is 0 Å². The number of amides is 2. The Labute approximate surface area is 120 Å². The molecule has 1 aliphatic heterocycles. The van der Waals surface area contributed by atoms with Gasteiger partial charge in [0.05, 0.1) is 12.5 Å². The van der Waals surface area contributed by atoms with Crippen molar-refractivity contribution >= 4 is 12.0 Å². The molecule has 1 aliphatic rings. The van der Waals surface area contributed by atoms with E-state index in [9.17, 15) is 18.4 Å². The monoisotopic (exact) mass is 298 g/mol. The lowest BCUT2D eigenvalue weighted by Crippen LogP contribution is -2.43. The summed E-state index contributed by atoms with van der Waals surface area (Å²) in [4.78, 5) is 23.8. The van der Waals surface area contributed by atoms with Crippen LogP contribution in [0.2, 0.25) is 0 Å². The Morgan fingerprint density at radius 3 is 2.57 bits per heavy atom. The van der Waals surface area contributed by atoms with E-state index < -0.39 is 30.4 Å². The zero-order chi connectivity index (χ0) is 15.5. The molecule has 2 amide bonds. The summed E-state index contributed by atoms with van der Waals surface area (Å²) in [6.07, 6.45) is 0.345. The van der Waals surface area contributed by atoms with Crippen LogP contribution in [0.1, 0.15) is 12.0 Å². The number of benzene rings is 1. The van der Waals surface area contributed by atoms with Crippen molar-refractivity contribution in [2.45, 2.75) is 12.3 Å². The van der Waals surface area contributed by atoms with Gasteiger partial charge in [0, 0.05) is 18.7 Å². The van der Waals surface area contributed by atoms with Crippen molar-refractivity contribution in [1.29, 1.82) is 0 Å². The molecule has 2 rings (SSSR count). The molecule has 21 heavy (non-hydrogen) atoms. The number of likely N-dealkylation sites (tertiary alicyclic amines) is 1. The Kier molecular flexibility index (Phi) is 4.40. The summed E-state index contributed by atoms with van der Waals surface area (Å²) in [5.41, 5.74) is -0.171. The predicted molar refractivity (Wildman–Crippen MR) is 71.1 cm³/mol. The highest BCUT2D eigenvalue weighted by molar-refractivity contribution is 5.77. The Hall–Kier alpha value is -2.18. The van der Waals surface area contributed by atoms with Crippen LogP contribution < -0.4 is 5.32 Å². The molecule has 5 nitrogen and oxygen atoms in total. The number of hydrogen-bond donors (Lipinski definition) is 2. The molecule has 1 saturated heterocycles. The van der Waals surface area contributed by atoms with Crippen molar-refractivity contribution in [2.75, 3.05) is 19.6 Å². The van der Waals surface area contributed by atoms with Crippen LogP contribution in [0.4, 0.5) is 13.6 Å². The Morgan fingerprint density at radius 1 is 1.33 bits per heavy atom. The van der Waals surface area contributed by atoms with E-state index in [0.29, 0.717) is 6.42 Å². The van der Waals surface area contributed by atoms with E-state index >= 15 is 0 Å². The van der Waals surface area contributed by atoms with E-state index in [2.05, 4.69) is 5.32 Å². The van der Waals surface area contributed by atoms with Crippen LogP contribution in [0, 0.1) is 5.92 Å². The summed E-state index contributed by atoms with van der Waals surface area (Å²) < 4.78 is 27.8. The van der Waals surface area contributed by atoms with Crippen molar-refractivity contribution in [3.05, 3.63) is 35.9 Å². The summed E-state index contributed by atoms with van der Waals surface area (Å²) in [5, 5.41) is 11.0. The topological polar surface area (TPSA) is 69.6 Å². The molecule has 0 aliphatic carbocycles. The fraction of sp³-hybridized carbons (Fsp3) is 0.429. The van der Waals surface area contributed by atoms with Gasteiger partial charge in [-0.1, -0.05) is 30.3 Å². The highest BCUT2D eigenvalue weighted by atomic mass is 19.3. The summed E-state index contributed by atoms with van der Waals surface area (Å²) in [7, 11) is 0.